The zero-order chi connectivity index (χ0) is 20.4. The number of rotatable bonds is 6. The molecule has 4 aromatic rings. The van der Waals surface area contributed by atoms with Gasteiger partial charge in [-0.25, -0.2) is 14.2 Å². The summed E-state index contributed by atoms with van der Waals surface area (Å²) in [4.78, 5) is 27.1. The van der Waals surface area contributed by atoms with Crippen LogP contribution in [0.25, 0.3) is 10.2 Å². The molecule has 0 spiro atoms. The lowest BCUT2D eigenvalue weighted by Crippen LogP contribution is -2.35. The molecule has 0 aliphatic carbocycles. The van der Waals surface area contributed by atoms with Crippen molar-refractivity contribution in [3.63, 3.8) is 0 Å². The molecular formula is C20H19FN6OS. The van der Waals surface area contributed by atoms with Crippen molar-refractivity contribution in [3.05, 3.63) is 69.8 Å². The highest BCUT2D eigenvalue weighted by molar-refractivity contribution is 7.16. The zero-order valence-electron chi connectivity index (χ0n) is 15.9. The topological polar surface area (TPSA) is 95.6 Å². The maximum Gasteiger partial charge on any atom is 0.351 e. The highest BCUT2D eigenvalue weighted by atomic mass is 32.1. The molecule has 2 aromatic heterocycles. The number of nitrogens with one attached hydrogen (secondary N) is 3. The summed E-state index contributed by atoms with van der Waals surface area (Å²) in [7, 11) is 0. The molecule has 29 heavy (non-hydrogen) atoms. The second-order valence-electron chi connectivity index (χ2n) is 7.26. The first-order valence-corrected chi connectivity index (χ1v) is 9.86. The predicted octanol–water partition coefficient (Wildman–Crippen LogP) is 4.09. The highest BCUT2D eigenvalue weighted by Gasteiger charge is 2.21. The van der Waals surface area contributed by atoms with E-state index in [4.69, 9.17) is 0 Å². The van der Waals surface area contributed by atoms with Gasteiger partial charge in [0.15, 0.2) is 0 Å². The fourth-order valence-electron chi connectivity index (χ4n) is 3.03. The maximum atomic E-state index is 14.0. The molecule has 7 nitrogen and oxygen atoms in total. The summed E-state index contributed by atoms with van der Waals surface area (Å²) in [6.45, 7) is 3.80. The molecule has 0 unspecified atom stereocenters. The van der Waals surface area contributed by atoms with Crippen LogP contribution in [0, 0.1) is 5.82 Å². The van der Waals surface area contributed by atoms with Gasteiger partial charge in [-0.3, -0.25) is 4.98 Å². The van der Waals surface area contributed by atoms with Crippen molar-refractivity contribution in [2.24, 2.45) is 0 Å². The molecule has 0 amide bonds. The number of H-pyrrole nitrogens is 1. The minimum Gasteiger partial charge on any atom is -0.349 e. The van der Waals surface area contributed by atoms with Crippen molar-refractivity contribution in [2.45, 2.75) is 25.8 Å². The van der Waals surface area contributed by atoms with Gasteiger partial charge in [0.1, 0.15) is 5.82 Å². The molecule has 0 radical (unpaired) electrons. The molecule has 0 saturated carbocycles. The lowest BCUT2D eigenvalue weighted by atomic mass is 9.95. The summed E-state index contributed by atoms with van der Waals surface area (Å²) in [5, 5.41) is 6.21. The fourth-order valence-corrected chi connectivity index (χ4v) is 3.75. The number of hydrogen-bond donors (Lipinski definition) is 3. The minimum atomic E-state index is -0.575. The van der Waals surface area contributed by atoms with Crippen LogP contribution in [0.3, 0.4) is 0 Å². The Bertz CT molecular complexity index is 1220. The van der Waals surface area contributed by atoms with Crippen LogP contribution in [0.15, 0.2) is 52.8 Å². The second-order valence-corrected chi connectivity index (χ2v) is 8.15. The molecule has 0 saturated heterocycles. The van der Waals surface area contributed by atoms with Gasteiger partial charge >= 0.3 is 5.69 Å². The number of halogens is 1. The van der Waals surface area contributed by atoms with Crippen LogP contribution in [0.4, 0.5) is 22.0 Å². The quantitative estimate of drug-likeness (QED) is 0.443. The number of aromatic amines is 1. The van der Waals surface area contributed by atoms with Crippen LogP contribution in [0.1, 0.15) is 19.4 Å². The molecule has 2 aromatic carbocycles. The molecule has 0 aliphatic rings. The van der Waals surface area contributed by atoms with Crippen molar-refractivity contribution in [1.29, 1.82) is 0 Å². The smallest absolute Gasteiger partial charge is 0.349 e. The van der Waals surface area contributed by atoms with Crippen molar-refractivity contribution >= 4 is 39.1 Å². The first-order chi connectivity index (χ1) is 13.9. The number of hydrogen-bond acceptors (Lipinski definition) is 7. The predicted molar refractivity (Wildman–Crippen MR) is 113 cm³/mol. The monoisotopic (exact) mass is 410 g/mol. The van der Waals surface area contributed by atoms with E-state index in [9.17, 15) is 9.18 Å². The summed E-state index contributed by atoms with van der Waals surface area (Å²) in [6, 6.07) is 12.3. The number of aromatic nitrogens is 4. The van der Waals surface area contributed by atoms with E-state index in [-0.39, 0.29) is 17.7 Å². The van der Waals surface area contributed by atoms with Gasteiger partial charge in [-0.1, -0.05) is 18.2 Å². The third-order valence-corrected chi connectivity index (χ3v) is 5.08. The van der Waals surface area contributed by atoms with E-state index >= 15 is 0 Å². The summed E-state index contributed by atoms with van der Waals surface area (Å²) >= 11 is 1.53. The summed E-state index contributed by atoms with van der Waals surface area (Å²) < 4.78 is 15.0. The molecule has 9 heteroatoms. The molecule has 3 N–H and O–H groups in total. The Morgan fingerprint density at radius 1 is 1.17 bits per heavy atom. The zero-order valence-corrected chi connectivity index (χ0v) is 16.7. The largest absolute Gasteiger partial charge is 0.351 e. The van der Waals surface area contributed by atoms with Crippen LogP contribution >= 0.6 is 11.3 Å². The first-order valence-electron chi connectivity index (χ1n) is 8.98. The molecule has 148 valence electrons. The van der Waals surface area contributed by atoms with Crippen LogP contribution in [0.2, 0.25) is 0 Å². The molecular weight excluding hydrogens is 391 g/mol. The van der Waals surface area contributed by atoms with Gasteiger partial charge in [0, 0.05) is 11.2 Å². The number of benzene rings is 2. The van der Waals surface area contributed by atoms with Gasteiger partial charge in [-0.05, 0) is 50.1 Å². The van der Waals surface area contributed by atoms with Crippen LogP contribution in [-0.2, 0) is 6.42 Å². The number of thiazole rings is 1. The SMILES string of the molecule is CC(C)(Cc1ccccc1F)Nc1nc(Nc2ccc3ncsc3c2)[nH]c(=O)n1. The van der Waals surface area contributed by atoms with Gasteiger partial charge in [0.2, 0.25) is 11.9 Å². The van der Waals surface area contributed by atoms with E-state index in [1.165, 1.54) is 17.4 Å². The number of anilines is 3. The fraction of sp³-hybridized carbons (Fsp3) is 0.200. The highest BCUT2D eigenvalue weighted by Crippen LogP contribution is 2.24. The Kier molecular flexibility index (Phi) is 4.98. The third-order valence-electron chi connectivity index (χ3n) is 4.28. The van der Waals surface area contributed by atoms with Crippen LogP contribution in [-0.4, -0.2) is 25.5 Å². The number of fused-ring (bicyclic) bond motifs is 1. The Labute approximate surface area is 170 Å². The van der Waals surface area contributed by atoms with Gasteiger partial charge in [0.25, 0.3) is 0 Å². The van der Waals surface area contributed by atoms with Crippen LogP contribution in [0.5, 0.6) is 0 Å². The molecule has 4 rings (SSSR count). The summed E-state index contributed by atoms with van der Waals surface area (Å²) in [5.41, 5.74) is 2.92. The summed E-state index contributed by atoms with van der Waals surface area (Å²) in [6.07, 6.45) is 0.403. The lowest BCUT2D eigenvalue weighted by molar-refractivity contribution is 0.529. The second kappa shape index (κ2) is 7.59. The Hall–Kier alpha value is -3.33. The Morgan fingerprint density at radius 3 is 2.83 bits per heavy atom. The summed E-state index contributed by atoms with van der Waals surface area (Å²) in [5.74, 6) is 0.157. The molecule has 0 atom stereocenters. The Balaban J connectivity index is 1.54. The van der Waals surface area contributed by atoms with E-state index in [0.29, 0.717) is 12.0 Å². The number of nitrogens with zero attached hydrogens (tertiary/aromatic N) is 3. The molecule has 0 bridgehead atoms. The molecule has 0 aliphatic heterocycles. The van der Waals surface area contributed by atoms with Gasteiger partial charge in [0.05, 0.1) is 15.7 Å². The minimum absolute atomic E-state index is 0.163. The maximum absolute atomic E-state index is 14.0. The lowest BCUT2D eigenvalue weighted by Gasteiger charge is -2.26. The van der Waals surface area contributed by atoms with E-state index in [1.54, 1.807) is 23.7 Å². The average molecular weight is 410 g/mol. The van der Waals surface area contributed by atoms with Crippen molar-refractivity contribution in [2.75, 3.05) is 10.6 Å². The van der Waals surface area contributed by atoms with Gasteiger partial charge < -0.3 is 10.6 Å². The molecule has 0 fully saturated rings. The van der Waals surface area contributed by atoms with Gasteiger partial charge in [-0.2, -0.15) is 9.97 Å². The molecule has 2 heterocycles. The Morgan fingerprint density at radius 2 is 2.00 bits per heavy atom. The van der Waals surface area contributed by atoms with Crippen molar-refractivity contribution in [3.8, 4) is 0 Å². The average Bonchev–Trinajstić information content (AvgIpc) is 3.10. The van der Waals surface area contributed by atoms with Gasteiger partial charge in [-0.15, -0.1) is 11.3 Å². The van der Waals surface area contributed by atoms with E-state index in [2.05, 4.69) is 30.6 Å². The standard InChI is InChI=1S/C20H19FN6OS/c1-20(2,10-12-5-3-4-6-14(12)21)27-18-24-17(25-19(28)26-18)23-13-7-8-15-16(9-13)29-11-22-15/h3-9,11H,10H2,1-2H3,(H3,23,24,25,26,27,28). The van der Waals surface area contributed by atoms with E-state index < -0.39 is 11.2 Å². The first kappa shape index (κ1) is 19.0. The van der Waals surface area contributed by atoms with E-state index in [0.717, 1.165) is 15.9 Å². The van der Waals surface area contributed by atoms with Crippen LogP contribution < -0.4 is 16.3 Å². The third kappa shape index (κ3) is 4.57. The van der Waals surface area contributed by atoms with E-state index in [1.807, 2.05) is 32.0 Å². The normalized spacial score (nSPS) is 11.6. The van der Waals surface area contributed by atoms with Crippen molar-refractivity contribution < 1.29 is 4.39 Å². The van der Waals surface area contributed by atoms with Crippen molar-refractivity contribution in [1.82, 2.24) is 19.9 Å².